The third-order valence-electron chi connectivity index (χ3n) is 2.82. The van der Waals surface area contributed by atoms with Crippen LogP contribution in [0, 0.1) is 0 Å². The third kappa shape index (κ3) is 2.42. The molecule has 1 N–H and O–H groups in total. The molecule has 2 heteroatoms. The first-order valence-corrected chi connectivity index (χ1v) is 5.12. The van der Waals surface area contributed by atoms with E-state index < -0.39 is 0 Å². The zero-order valence-corrected chi connectivity index (χ0v) is 8.24. The Morgan fingerprint density at radius 3 is 2.92 bits per heavy atom. The molecule has 1 heterocycles. The molecule has 0 aromatic rings. The van der Waals surface area contributed by atoms with Gasteiger partial charge in [0.2, 0.25) is 0 Å². The Morgan fingerprint density at radius 2 is 2.31 bits per heavy atom. The number of likely N-dealkylation sites (tertiary alicyclic amines) is 1. The summed E-state index contributed by atoms with van der Waals surface area (Å²) in [6.07, 6.45) is 11.2. The molecule has 0 aromatic carbocycles. The van der Waals surface area contributed by atoms with E-state index in [1.807, 2.05) is 0 Å². The molecular weight excluding hydrogens is 160 g/mol. The van der Waals surface area contributed by atoms with Crippen molar-refractivity contribution in [2.45, 2.75) is 24.9 Å². The van der Waals surface area contributed by atoms with Gasteiger partial charge in [-0.05, 0) is 26.4 Å². The zero-order valence-electron chi connectivity index (χ0n) is 8.24. The molecule has 0 saturated carbocycles. The molecule has 2 aliphatic rings. The maximum atomic E-state index is 3.67. The van der Waals surface area contributed by atoms with Crippen molar-refractivity contribution < 1.29 is 0 Å². The first kappa shape index (κ1) is 8.97. The van der Waals surface area contributed by atoms with Crippen molar-refractivity contribution in [3.63, 3.8) is 0 Å². The maximum Gasteiger partial charge on any atom is 0.0290 e. The van der Waals surface area contributed by atoms with Crippen LogP contribution in [0.3, 0.4) is 0 Å². The summed E-state index contributed by atoms with van der Waals surface area (Å²) in [4.78, 5) is 2.39. The van der Waals surface area contributed by atoms with Gasteiger partial charge >= 0.3 is 0 Å². The van der Waals surface area contributed by atoms with Crippen LogP contribution in [0.1, 0.15) is 12.8 Å². The monoisotopic (exact) mass is 178 g/mol. The van der Waals surface area contributed by atoms with Crippen LogP contribution < -0.4 is 5.32 Å². The highest BCUT2D eigenvalue weighted by molar-refractivity contribution is 5.13. The summed E-state index contributed by atoms with van der Waals surface area (Å²) in [7, 11) is 2.19. The fourth-order valence-electron chi connectivity index (χ4n) is 2.08. The molecule has 0 aromatic heterocycles. The lowest BCUT2D eigenvalue weighted by atomic mass is 10.1. The van der Waals surface area contributed by atoms with Crippen LogP contribution in [0.5, 0.6) is 0 Å². The molecule has 2 atom stereocenters. The molecule has 13 heavy (non-hydrogen) atoms. The van der Waals surface area contributed by atoms with E-state index >= 15 is 0 Å². The molecule has 2 nitrogen and oxygen atoms in total. The molecular formula is C11H18N2. The summed E-state index contributed by atoms with van der Waals surface area (Å²) in [6.45, 7) is 2.44. The van der Waals surface area contributed by atoms with Gasteiger partial charge in [0.25, 0.3) is 0 Å². The predicted molar refractivity (Wildman–Crippen MR) is 55.7 cm³/mol. The molecule has 1 aliphatic carbocycles. The quantitative estimate of drug-likeness (QED) is 0.682. The van der Waals surface area contributed by atoms with Gasteiger partial charge in [-0.2, -0.15) is 0 Å². The Morgan fingerprint density at radius 1 is 1.38 bits per heavy atom. The molecule has 0 amide bonds. The van der Waals surface area contributed by atoms with E-state index in [9.17, 15) is 0 Å². The van der Waals surface area contributed by atoms with E-state index in [2.05, 4.69) is 41.6 Å². The molecule has 0 radical (unpaired) electrons. The fraction of sp³-hybridized carbons (Fsp3) is 0.636. The van der Waals surface area contributed by atoms with Crippen molar-refractivity contribution in [2.24, 2.45) is 0 Å². The Labute approximate surface area is 80.3 Å². The first-order chi connectivity index (χ1) is 6.34. The minimum absolute atomic E-state index is 0.571. The SMILES string of the molecule is CN1CCC(NC2C=CC=CC2)C1. The minimum Gasteiger partial charge on any atom is -0.306 e. The molecule has 2 unspecified atom stereocenters. The van der Waals surface area contributed by atoms with Crippen molar-refractivity contribution >= 4 is 0 Å². The van der Waals surface area contributed by atoms with E-state index in [4.69, 9.17) is 0 Å². The summed E-state index contributed by atoms with van der Waals surface area (Å²) >= 11 is 0. The summed E-state index contributed by atoms with van der Waals surface area (Å²) in [5.41, 5.74) is 0. The Hall–Kier alpha value is -0.600. The highest BCUT2D eigenvalue weighted by Crippen LogP contribution is 2.10. The van der Waals surface area contributed by atoms with Crippen LogP contribution in [0.4, 0.5) is 0 Å². The smallest absolute Gasteiger partial charge is 0.0290 e. The maximum absolute atomic E-state index is 3.67. The molecule has 1 fully saturated rings. The van der Waals surface area contributed by atoms with Crippen molar-refractivity contribution in [3.05, 3.63) is 24.3 Å². The van der Waals surface area contributed by atoms with Crippen molar-refractivity contribution in [3.8, 4) is 0 Å². The van der Waals surface area contributed by atoms with Gasteiger partial charge in [-0.25, -0.2) is 0 Å². The number of allylic oxidation sites excluding steroid dienone is 2. The van der Waals surface area contributed by atoms with Crippen LogP contribution in [-0.4, -0.2) is 37.1 Å². The second-order valence-electron chi connectivity index (χ2n) is 4.07. The molecule has 1 aliphatic heterocycles. The van der Waals surface area contributed by atoms with E-state index in [0.717, 1.165) is 6.42 Å². The van der Waals surface area contributed by atoms with E-state index in [1.54, 1.807) is 0 Å². The standard InChI is InChI=1S/C11H18N2/c1-13-8-7-11(9-13)12-10-5-3-2-4-6-10/h2-5,10-12H,6-9H2,1H3. The van der Waals surface area contributed by atoms with Crippen molar-refractivity contribution in [1.82, 2.24) is 10.2 Å². The average Bonchev–Trinajstić information content (AvgIpc) is 2.53. The lowest BCUT2D eigenvalue weighted by Crippen LogP contribution is -2.38. The Balaban J connectivity index is 1.78. The predicted octanol–water partition coefficient (Wildman–Crippen LogP) is 1.16. The Kier molecular flexibility index (Phi) is 2.81. The van der Waals surface area contributed by atoms with Crippen molar-refractivity contribution in [1.29, 1.82) is 0 Å². The van der Waals surface area contributed by atoms with Gasteiger partial charge < -0.3 is 10.2 Å². The largest absolute Gasteiger partial charge is 0.306 e. The Bertz CT molecular complexity index is 220. The number of rotatable bonds is 2. The normalized spacial score (nSPS) is 34.2. The summed E-state index contributed by atoms with van der Waals surface area (Å²) < 4.78 is 0. The third-order valence-corrected chi connectivity index (χ3v) is 2.82. The van der Waals surface area contributed by atoms with Gasteiger partial charge in [0.15, 0.2) is 0 Å². The zero-order chi connectivity index (χ0) is 9.10. The highest BCUT2D eigenvalue weighted by Gasteiger charge is 2.20. The molecule has 0 bridgehead atoms. The molecule has 0 spiro atoms. The lowest BCUT2D eigenvalue weighted by Gasteiger charge is -2.20. The lowest BCUT2D eigenvalue weighted by molar-refractivity contribution is 0.391. The second kappa shape index (κ2) is 4.07. The molecule has 2 rings (SSSR count). The van der Waals surface area contributed by atoms with Gasteiger partial charge in [0.1, 0.15) is 0 Å². The van der Waals surface area contributed by atoms with E-state index in [0.29, 0.717) is 12.1 Å². The number of hydrogen-bond acceptors (Lipinski definition) is 2. The summed E-state index contributed by atoms with van der Waals surface area (Å²) in [5.74, 6) is 0. The van der Waals surface area contributed by atoms with Crippen LogP contribution in [0.15, 0.2) is 24.3 Å². The summed E-state index contributed by atoms with van der Waals surface area (Å²) in [5, 5.41) is 3.67. The number of likely N-dealkylation sites (N-methyl/N-ethyl adjacent to an activating group) is 1. The molecule has 72 valence electrons. The molecule has 1 saturated heterocycles. The van der Waals surface area contributed by atoms with Crippen LogP contribution in [0.2, 0.25) is 0 Å². The van der Waals surface area contributed by atoms with Crippen molar-refractivity contribution in [2.75, 3.05) is 20.1 Å². The topological polar surface area (TPSA) is 15.3 Å². The highest BCUT2D eigenvalue weighted by atomic mass is 15.2. The van der Waals surface area contributed by atoms with Gasteiger partial charge in [-0.3, -0.25) is 0 Å². The van der Waals surface area contributed by atoms with E-state index in [-0.39, 0.29) is 0 Å². The number of nitrogens with zero attached hydrogens (tertiary/aromatic N) is 1. The van der Waals surface area contributed by atoms with Gasteiger partial charge in [-0.15, -0.1) is 0 Å². The average molecular weight is 178 g/mol. The first-order valence-electron chi connectivity index (χ1n) is 5.12. The fourth-order valence-corrected chi connectivity index (χ4v) is 2.08. The number of hydrogen-bond donors (Lipinski definition) is 1. The van der Waals surface area contributed by atoms with Gasteiger partial charge in [0.05, 0.1) is 0 Å². The van der Waals surface area contributed by atoms with Gasteiger partial charge in [-0.1, -0.05) is 24.3 Å². The van der Waals surface area contributed by atoms with Crippen LogP contribution in [0.25, 0.3) is 0 Å². The number of nitrogens with one attached hydrogen (secondary N) is 1. The second-order valence-corrected chi connectivity index (χ2v) is 4.07. The van der Waals surface area contributed by atoms with Crippen LogP contribution >= 0.6 is 0 Å². The minimum atomic E-state index is 0.571. The van der Waals surface area contributed by atoms with Crippen LogP contribution in [-0.2, 0) is 0 Å². The summed E-state index contributed by atoms with van der Waals surface area (Å²) in [6, 6.07) is 1.27. The van der Waals surface area contributed by atoms with Gasteiger partial charge in [0, 0.05) is 18.6 Å². The van der Waals surface area contributed by atoms with E-state index in [1.165, 1.54) is 19.5 Å².